The Morgan fingerprint density at radius 1 is 1.53 bits per heavy atom. The minimum atomic E-state index is 0.532. The predicted molar refractivity (Wildman–Crippen MR) is 63.5 cm³/mol. The van der Waals surface area contributed by atoms with Crippen molar-refractivity contribution in [2.24, 2.45) is 5.92 Å². The fraction of sp³-hybridized carbons (Fsp3) is 0.417. The van der Waals surface area contributed by atoms with Crippen molar-refractivity contribution in [2.75, 3.05) is 17.6 Å². The molecule has 0 spiro atoms. The van der Waals surface area contributed by atoms with Crippen LogP contribution >= 0.6 is 0 Å². The maximum absolute atomic E-state index is 8.81. The summed E-state index contributed by atoms with van der Waals surface area (Å²) in [7, 11) is 0. The van der Waals surface area contributed by atoms with E-state index in [9.17, 15) is 0 Å². The monoisotopic (exact) mass is 203 g/mol. The van der Waals surface area contributed by atoms with Crippen molar-refractivity contribution in [1.29, 1.82) is 5.26 Å². The molecule has 15 heavy (non-hydrogen) atoms. The second-order valence-electron chi connectivity index (χ2n) is 3.77. The maximum Gasteiger partial charge on any atom is 0.101 e. The molecule has 1 atom stereocenters. The van der Waals surface area contributed by atoms with Crippen LogP contribution in [0, 0.1) is 17.2 Å². The maximum atomic E-state index is 8.81. The van der Waals surface area contributed by atoms with Gasteiger partial charge < -0.3 is 11.1 Å². The Balaban J connectivity index is 2.74. The largest absolute Gasteiger partial charge is 0.396 e. The van der Waals surface area contributed by atoms with Gasteiger partial charge in [-0.3, -0.25) is 0 Å². The minimum absolute atomic E-state index is 0.532. The van der Waals surface area contributed by atoms with E-state index in [1.165, 1.54) is 0 Å². The van der Waals surface area contributed by atoms with Crippen molar-refractivity contribution in [2.45, 2.75) is 20.3 Å². The smallest absolute Gasteiger partial charge is 0.101 e. The van der Waals surface area contributed by atoms with E-state index in [2.05, 4.69) is 25.2 Å². The summed E-state index contributed by atoms with van der Waals surface area (Å²) in [6.07, 6.45) is 1.13. The lowest BCUT2D eigenvalue weighted by Gasteiger charge is -2.13. The zero-order valence-electron chi connectivity index (χ0n) is 9.25. The summed E-state index contributed by atoms with van der Waals surface area (Å²) >= 11 is 0. The molecule has 0 fully saturated rings. The SMILES string of the molecule is CCC(C)CNc1cccc(C#N)c1N. The molecule has 80 valence electrons. The van der Waals surface area contributed by atoms with Crippen LogP contribution in [0.4, 0.5) is 11.4 Å². The summed E-state index contributed by atoms with van der Waals surface area (Å²) in [6, 6.07) is 7.54. The molecule has 0 radical (unpaired) electrons. The van der Waals surface area contributed by atoms with Crippen molar-refractivity contribution >= 4 is 11.4 Å². The Hall–Kier alpha value is -1.69. The van der Waals surface area contributed by atoms with Gasteiger partial charge in [-0.1, -0.05) is 26.3 Å². The second-order valence-corrected chi connectivity index (χ2v) is 3.77. The average Bonchev–Trinajstić information content (AvgIpc) is 2.27. The highest BCUT2D eigenvalue weighted by Gasteiger charge is 2.04. The molecule has 0 aliphatic carbocycles. The highest BCUT2D eigenvalue weighted by Crippen LogP contribution is 2.22. The average molecular weight is 203 g/mol. The van der Waals surface area contributed by atoms with E-state index in [0.717, 1.165) is 18.7 Å². The zero-order chi connectivity index (χ0) is 11.3. The van der Waals surface area contributed by atoms with Crippen molar-refractivity contribution in [3.8, 4) is 6.07 Å². The third-order valence-corrected chi connectivity index (χ3v) is 2.56. The van der Waals surface area contributed by atoms with Gasteiger partial charge in [-0.15, -0.1) is 0 Å². The molecule has 0 aromatic heterocycles. The van der Waals surface area contributed by atoms with Crippen LogP contribution in [0.5, 0.6) is 0 Å². The van der Waals surface area contributed by atoms with E-state index in [1.54, 1.807) is 6.07 Å². The van der Waals surface area contributed by atoms with Gasteiger partial charge in [-0.25, -0.2) is 0 Å². The first-order valence-electron chi connectivity index (χ1n) is 5.21. The molecule has 3 N–H and O–H groups in total. The first-order valence-corrected chi connectivity index (χ1v) is 5.21. The van der Waals surface area contributed by atoms with E-state index < -0.39 is 0 Å². The van der Waals surface area contributed by atoms with Crippen LogP contribution in [0.2, 0.25) is 0 Å². The summed E-state index contributed by atoms with van der Waals surface area (Å²) in [5.41, 5.74) is 7.77. The molecule has 0 bridgehead atoms. The van der Waals surface area contributed by atoms with Gasteiger partial charge >= 0.3 is 0 Å². The number of rotatable bonds is 4. The van der Waals surface area contributed by atoms with Gasteiger partial charge in [0, 0.05) is 6.54 Å². The number of anilines is 2. The third kappa shape index (κ3) is 2.88. The molecule has 0 saturated carbocycles. The molecule has 0 amide bonds. The van der Waals surface area contributed by atoms with Gasteiger partial charge in [0.15, 0.2) is 0 Å². The van der Waals surface area contributed by atoms with Crippen LogP contribution in [0.3, 0.4) is 0 Å². The Bertz CT molecular complexity index is 366. The lowest BCUT2D eigenvalue weighted by molar-refractivity contribution is 0.593. The predicted octanol–water partition coefficient (Wildman–Crippen LogP) is 2.60. The Kier molecular flexibility index (Phi) is 3.99. The van der Waals surface area contributed by atoms with Crippen LogP contribution < -0.4 is 11.1 Å². The Morgan fingerprint density at radius 2 is 2.27 bits per heavy atom. The quantitative estimate of drug-likeness (QED) is 0.739. The van der Waals surface area contributed by atoms with E-state index in [1.807, 2.05) is 12.1 Å². The number of para-hydroxylation sites is 1. The number of hydrogen-bond acceptors (Lipinski definition) is 3. The van der Waals surface area contributed by atoms with E-state index in [-0.39, 0.29) is 0 Å². The minimum Gasteiger partial charge on any atom is -0.396 e. The molecule has 1 aromatic rings. The fourth-order valence-corrected chi connectivity index (χ4v) is 1.25. The first-order chi connectivity index (χ1) is 7.19. The normalized spacial score (nSPS) is 11.8. The molecular weight excluding hydrogens is 186 g/mol. The number of nitrogens with two attached hydrogens (primary N) is 1. The Labute approximate surface area is 90.9 Å². The van der Waals surface area contributed by atoms with Crippen molar-refractivity contribution in [1.82, 2.24) is 0 Å². The number of hydrogen-bond donors (Lipinski definition) is 2. The molecule has 0 heterocycles. The lowest BCUT2D eigenvalue weighted by atomic mass is 10.1. The van der Waals surface area contributed by atoms with E-state index in [0.29, 0.717) is 17.2 Å². The number of nitrogens with one attached hydrogen (secondary N) is 1. The third-order valence-electron chi connectivity index (χ3n) is 2.56. The van der Waals surface area contributed by atoms with E-state index in [4.69, 9.17) is 11.0 Å². The van der Waals surface area contributed by atoms with Gasteiger partial charge in [-0.05, 0) is 18.1 Å². The number of benzene rings is 1. The van der Waals surface area contributed by atoms with Gasteiger partial charge in [0.1, 0.15) is 6.07 Å². The Morgan fingerprint density at radius 3 is 2.87 bits per heavy atom. The standard InChI is InChI=1S/C12H17N3/c1-3-9(2)8-15-11-6-4-5-10(7-13)12(11)14/h4-6,9,15H,3,8,14H2,1-2H3. The number of nitriles is 1. The molecular formula is C12H17N3. The van der Waals surface area contributed by atoms with Gasteiger partial charge in [-0.2, -0.15) is 5.26 Å². The van der Waals surface area contributed by atoms with Gasteiger partial charge in [0.2, 0.25) is 0 Å². The molecule has 1 unspecified atom stereocenters. The van der Waals surface area contributed by atoms with Crippen molar-refractivity contribution in [3.05, 3.63) is 23.8 Å². The van der Waals surface area contributed by atoms with Crippen LogP contribution in [0.25, 0.3) is 0 Å². The number of nitrogens with zero attached hydrogens (tertiary/aromatic N) is 1. The molecule has 0 aliphatic heterocycles. The van der Waals surface area contributed by atoms with Crippen molar-refractivity contribution < 1.29 is 0 Å². The summed E-state index contributed by atoms with van der Waals surface area (Å²) in [5, 5.41) is 12.1. The van der Waals surface area contributed by atoms with Gasteiger partial charge in [0.25, 0.3) is 0 Å². The highest BCUT2D eigenvalue weighted by molar-refractivity contribution is 5.72. The second kappa shape index (κ2) is 5.26. The fourth-order valence-electron chi connectivity index (χ4n) is 1.25. The summed E-state index contributed by atoms with van der Waals surface area (Å²) in [5.74, 6) is 0.607. The van der Waals surface area contributed by atoms with Crippen LogP contribution in [0.15, 0.2) is 18.2 Å². The summed E-state index contributed by atoms with van der Waals surface area (Å²) in [4.78, 5) is 0. The van der Waals surface area contributed by atoms with Gasteiger partial charge in [0.05, 0.1) is 16.9 Å². The number of nitrogen functional groups attached to an aromatic ring is 1. The molecule has 3 nitrogen and oxygen atoms in total. The molecule has 3 heteroatoms. The van der Waals surface area contributed by atoms with Crippen LogP contribution in [0.1, 0.15) is 25.8 Å². The molecule has 1 aromatic carbocycles. The van der Waals surface area contributed by atoms with E-state index >= 15 is 0 Å². The molecule has 0 aliphatic rings. The highest BCUT2D eigenvalue weighted by atomic mass is 14.9. The first kappa shape index (κ1) is 11.4. The molecule has 1 rings (SSSR count). The summed E-state index contributed by atoms with van der Waals surface area (Å²) < 4.78 is 0. The zero-order valence-corrected chi connectivity index (χ0v) is 9.25. The van der Waals surface area contributed by atoms with Crippen molar-refractivity contribution in [3.63, 3.8) is 0 Å². The summed E-state index contributed by atoms with van der Waals surface area (Å²) in [6.45, 7) is 5.22. The van der Waals surface area contributed by atoms with Crippen LogP contribution in [-0.4, -0.2) is 6.54 Å². The molecule has 0 saturated heterocycles. The topological polar surface area (TPSA) is 61.8 Å². The van der Waals surface area contributed by atoms with Crippen LogP contribution in [-0.2, 0) is 0 Å². The lowest BCUT2D eigenvalue weighted by Crippen LogP contribution is -2.11.